The summed E-state index contributed by atoms with van der Waals surface area (Å²) in [5, 5.41) is 2.24. The van der Waals surface area contributed by atoms with E-state index in [9.17, 15) is 17.6 Å². The van der Waals surface area contributed by atoms with E-state index < -0.39 is 24.3 Å². The zero-order valence-electron chi connectivity index (χ0n) is 8.29. The third-order valence-electron chi connectivity index (χ3n) is 3.21. The monoisotopic (exact) mass is 213 g/mol. The Morgan fingerprint density at radius 2 is 1.93 bits per heavy atom. The van der Waals surface area contributed by atoms with Gasteiger partial charge < -0.3 is 5.32 Å². The highest BCUT2D eigenvalue weighted by Crippen LogP contribution is 2.43. The second kappa shape index (κ2) is 3.68. The molecule has 0 aromatic rings. The maximum atomic E-state index is 13.2. The fourth-order valence-corrected chi connectivity index (χ4v) is 1.92. The van der Waals surface area contributed by atoms with Crippen molar-refractivity contribution in [3.8, 4) is 0 Å². The average molecular weight is 213 g/mol. The molecule has 0 saturated heterocycles. The van der Waals surface area contributed by atoms with Gasteiger partial charge in [-0.1, -0.05) is 6.92 Å². The Morgan fingerprint density at radius 3 is 2.29 bits per heavy atom. The molecule has 5 heteroatoms. The molecule has 1 nitrogen and oxygen atoms in total. The average Bonchev–Trinajstić information content (AvgIpc) is 2.08. The summed E-state index contributed by atoms with van der Waals surface area (Å²) in [6.07, 6.45) is -5.95. The second-order valence-corrected chi connectivity index (χ2v) is 4.07. The molecular weight excluding hydrogens is 198 g/mol. The Hall–Kier alpha value is -0.320. The largest absolute Gasteiger partial charge is 0.406 e. The fourth-order valence-electron chi connectivity index (χ4n) is 1.92. The third-order valence-corrected chi connectivity index (χ3v) is 3.21. The van der Waals surface area contributed by atoms with Crippen molar-refractivity contribution in [2.75, 3.05) is 7.05 Å². The topological polar surface area (TPSA) is 12.0 Å². The molecular formula is C9H15F4N. The summed E-state index contributed by atoms with van der Waals surface area (Å²) in [7, 11) is 1.25. The molecule has 0 amide bonds. The smallest absolute Gasteiger partial charge is 0.307 e. The highest BCUT2D eigenvalue weighted by atomic mass is 19.4. The molecule has 3 atom stereocenters. The van der Waals surface area contributed by atoms with Gasteiger partial charge in [0.05, 0.1) is 0 Å². The molecule has 0 aliphatic heterocycles. The SMILES string of the molecule is CNC1(C(F)(F)F)CCC(C)C(F)C1. The first-order valence-electron chi connectivity index (χ1n) is 4.72. The number of alkyl halides is 4. The second-order valence-electron chi connectivity index (χ2n) is 4.07. The van der Waals surface area contributed by atoms with Gasteiger partial charge in [-0.3, -0.25) is 0 Å². The molecule has 0 spiro atoms. The lowest BCUT2D eigenvalue weighted by atomic mass is 9.75. The molecule has 1 fully saturated rings. The van der Waals surface area contributed by atoms with E-state index in [0.717, 1.165) is 0 Å². The number of halogens is 4. The first-order valence-corrected chi connectivity index (χ1v) is 4.72. The van der Waals surface area contributed by atoms with Crippen LogP contribution in [0, 0.1) is 5.92 Å². The van der Waals surface area contributed by atoms with Gasteiger partial charge in [0.1, 0.15) is 11.7 Å². The van der Waals surface area contributed by atoms with Gasteiger partial charge >= 0.3 is 6.18 Å². The van der Waals surface area contributed by atoms with Gasteiger partial charge in [-0.2, -0.15) is 13.2 Å². The predicted octanol–water partition coefficient (Wildman–Crippen LogP) is 2.67. The summed E-state index contributed by atoms with van der Waals surface area (Å²) in [4.78, 5) is 0. The van der Waals surface area contributed by atoms with Gasteiger partial charge in [-0.05, 0) is 25.8 Å². The first kappa shape index (κ1) is 11.8. The van der Waals surface area contributed by atoms with E-state index in [1.807, 2.05) is 0 Å². The number of nitrogens with one attached hydrogen (secondary N) is 1. The van der Waals surface area contributed by atoms with Gasteiger partial charge in [0.25, 0.3) is 0 Å². The Balaban J connectivity index is 2.82. The fraction of sp³-hybridized carbons (Fsp3) is 1.00. The summed E-state index contributed by atoms with van der Waals surface area (Å²) in [5.74, 6) is -0.265. The summed E-state index contributed by atoms with van der Waals surface area (Å²) in [5.41, 5.74) is -2.01. The Labute approximate surface area is 80.9 Å². The zero-order valence-corrected chi connectivity index (χ0v) is 8.29. The Bertz CT molecular complexity index is 203. The quantitative estimate of drug-likeness (QED) is 0.660. The van der Waals surface area contributed by atoms with Crippen LogP contribution in [0.4, 0.5) is 17.6 Å². The van der Waals surface area contributed by atoms with Crippen LogP contribution in [0.1, 0.15) is 26.2 Å². The van der Waals surface area contributed by atoms with Crippen LogP contribution in [0.25, 0.3) is 0 Å². The Morgan fingerprint density at radius 1 is 1.36 bits per heavy atom. The molecule has 3 unspecified atom stereocenters. The Kier molecular flexibility index (Phi) is 3.09. The first-order chi connectivity index (χ1) is 6.32. The molecule has 1 N–H and O–H groups in total. The zero-order chi connectivity index (χ0) is 11.0. The normalized spacial score (nSPS) is 39.9. The van der Waals surface area contributed by atoms with Gasteiger partial charge in [0.2, 0.25) is 0 Å². The van der Waals surface area contributed by atoms with E-state index in [2.05, 4.69) is 5.32 Å². The molecule has 0 aromatic heterocycles. The summed E-state index contributed by atoms with van der Waals surface area (Å²) in [6, 6.07) is 0. The van der Waals surface area contributed by atoms with Gasteiger partial charge in [0.15, 0.2) is 0 Å². The number of hydrogen-bond donors (Lipinski definition) is 1. The van der Waals surface area contributed by atoms with Crippen molar-refractivity contribution in [3.63, 3.8) is 0 Å². The van der Waals surface area contributed by atoms with Gasteiger partial charge in [-0.15, -0.1) is 0 Å². The van der Waals surface area contributed by atoms with Crippen molar-refractivity contribution in [1.82, 2.24) is 5.32 Å². The van der Waals surface area contributed by atoms with Crippen molar-refractivity contribution in [1.29, 1.82) is 0 Å². The lowest BCUT2D eigenvalue weighted by molar-refractivity contribution is -0.211. The van der Waals surface area contributed by atoms with Crippen LogP contribution in [0.5, 0.6) is 0 Å². The van der Waals surface area contributed by atoms with Gasteiger partial charge in [0, 0.05) is 6.42 Å². The molecule has 14 heavy (non-hydrogen) atoms. The van der Waals surface area contributed by atoms with E-state index >= 15 is 0 Å². The minimum Gasteiger partial charge on any atom is -0.307 e. The number of rotatable bonds is 1. The van der Waals surface area contributed by atoms with Crippen molar-refractivity contribution in [3.05, 3.63) is 0 Å². The van der Waals surface area contributed by atoms with Crippen molar-refractivity contribution in [2.24, 2.45) is 5.92 Å². The van der Waals surface area contributed by atoms with Crippen LogP contribution in [0.2, 0.25) is 0 Å². The van der Waals surface area contributed by atoms with Crippen molar-refractivity contribution in [2.45, 2.75) is 44.1 Å². The summed E-state index contributed by atoms with van der Waals surface area (Å²) in [6.45, 7) is 1.65. The third kappa shape index (κ3) is 1.87. The minimum absolute atomic E-state index is 0.0331. The van der Waals surface area contributed by atoms with E-state index in [1.54, 1.807) is 6.92 Å². The molecule has 0 radical (unpaired) electrons. The maximum Gasteiger partial charge on any atom is 0.406 e. The molecule has 0 heterocycles. The van der Waals surface area contributed by atoms with E-state index in [0.29, 0.717) is 0 Å². The van der Waals surface area contributed by atoms with Crippen LogP contribution in [0.15, 0.2) is 0 Å². The molecule has 1 aliphatic rings. The van der Waals surface area contributed by atoms with Crippen LogP contribution in [-0.2, 0) is 0 Å². The van der Waals surface area contributed by atoms with Crippen molar-refractivity contribution < 1.29 is 17.6 Å². The van der Waals surface area contributed by atoms with Crippen LogP contribution in [-0.4, -0.2) is 24.9 Å². The lowest BCUT2D eigenvalue weighted by Gasteiger charge is -2.42. The predicted molar refractivity (Wildman–Crippen MR) is 45.8 cm³/mol. The molecule has 1 saturated carbocycles. The maximum absolute atomic E-state index is 13.2. The number of hydrogen-bond acceptors (Lipinski definition) is 1. The molecule has 0 bridgehead atoms. The molecule has 0 aromatic carbocycles. The van der Waals surface area contributed by atoms with E-state index in [-0.39, 0.29) is 18.8 Å². The van der Waals surface area contributed by atoms with Crippen LogP contribution < -0.4 is 5.32 Å². The molecule has 1 aliphatic carbocycles. The minimum atomic E-state index is -4.37. The van der Waals surface area contributed by atoms with Crippen molar-refractivity contribution >= 4 is 0 Å². The van der Waals surface area contributed by atoms with Gasteiger partial charge in [-0.25, -0.2) is 4.39 Å². The van der Waals surface area contributed by atoms with E-state index in [4.69, 9.17) is 0 Å². The summed E-state index contributed by atoms with van der Waals surface area (Å²) < 4.78 is 51.3. The summed E-state index contributed by atoms with van der Waals surface area (Å²) >= 11 is 0. The van der Waals surface area contributed by atoms with Crippen LogP contribution >= 0.6 is 0 Å². The highest BCUT2D eigenvalue weighted by molar-refractivity contribution is 5.00. The lowest BCUT2D eigenvalue weighted by Crippen LogP contribution is -2.59. The van der Waals surface area contributed by atoms with E-state index in [1.165, 1.54) is 7.05 Å². The molecule has 1 rings (SSSR count). The highest BCUT2D eigenvalue weighted by Gasteiger charge is 2.56. The van der Waals surface area contributed by atoms with Crippen LogP contribution in [0.3, 0.4) is 0 Å². The molecule has 84 valence electrons. The standard InChI is InChI=1S/C9H15F4N/c1-6-3-4-8(14-2,5-7(6)10)9(11,12)13/h6-7,14H,3-5H2,1-2H3.